The minimum Gasteiger partial charge on any atom is -0.506 e. The lowest BCUT2D eigenvalue weighted by atomic mass is 10.1. The van der Waals surface area contributed by atoms with Crippen LogP contribution in [0.25, 0.3) is 0 Å². The Morgan fingerprint density at radius 3 is 2.52 bits per heavy atom. The van der Waals surface area contributed by atoms with E-state index in [9.17, 15) is 5.11 Å². The Morgan fingerprint density at radius 1 is 1.05 bits per heavy atom. The number of quaternary nitrogens is 1. The molecule has 2 aromatic rings. The molecule has 0 unspecified atom stereocenters. The molecule has 3 nitrogen and oxygen atoms in total. The van der Waals surface area contributed by atoms with E-state index in [1.807, 2.05) is 18.2 Å². The third kappa shape index (κ3) is 3.37. The summed E-state index contributed by atoms with van der Waals surface area (Å²) in [5.41, 5.74) is 3.72. The molecule has 1 fully saturated rings. The zero-order valence-electron chi connectivity index (χ0n) is 12.5. The van der Waals surface area contributed by atoms with Crippen LogP contribution in [0.2, 0.25) is 0 Å². The summed E-state index contributed by atoms with van der Waals surface area (Å²) < 4.78 is 0. The average molecular weight is 283 g/mol. The highest BCUT2D eigenvalue weighted by Crippen LogP contribution is 2.25. The predicted molar refractivity (Wildman–Crippen MR) is 85.9 cm³/mol. The molecule has 0 aromatic heterocycles. The van der Waals surface area contributed by atoms with Crippen molar-refractivity contribution in [2.45, 2.75) is 13.5 Å². The molecule has 1 heterocycles. The molecule has 0 amide bonds. The first-order valence-corrected chi connectivity index (χ1v) is 7.64. The zero-order valence-corrected chi connectivity index (χ0v) is 12.5. The fourth-order valence-electron chi connectivity index (χ4n) is 3.08. The van der Waals surface area contributed by atoms with Gasteiger partial charge in [0.2, 0.25) is 0 Å². The summed E-state index contributed by atoms with van der Waals surface area (Å²) in [6.45, 7) is 7.47. The Morgan fingerprint density at radius 2 is 1.81 bits per heavy atom. The van der Waals surface area contributed by atoms with E-state index in [2.05, 4.69) is 36.1 Å². The van der Waals surface area contributed by atoms with Gasteiger partial charge in [0.15, 0.2) is 0 Å². The summed E-state index contributed by atoms with van der Waals surface area (Å²) in [6, 6.07) is 16.4. The molecule has 0 aliphatic carbocycles. The van der Waals surface area contributed by atoms with Crippen molar-refractivity contribution in [3.05, 3.63) is 59.7 Å². The third-order valence-electron chi connectivity index (χ3n) is 4.23. The molecule has 1 saturated heterocycles. The normalized spacial score (nSPS) is 16.1. The smallest absolute Gasteiger partial charge is 0.138 e. The van der Waals surface area contributed by atoms with Crippen molar-refractivity contribution < 1.29 is 10.0 Å². The molecule has 110 valence electrons. The Labute approximate surface area is 126 Å². The SMILES string of the molecule is Cc1cccc(C[NH+]2CCN(c3ccccc3O)CC2)c1. The molecular formula is C18H23N2O+. The first-order chi connectivity index (χ1) is 10.2. The van der Waals surface area contributed by atoms with E-state index in [1.165, 1.54) is 11.1 Å². The number of nitrogens with one attached hydrogen (secondary N) is 1. The van der Waals surface area contributed by atoms with E-state index in [-0.39, 0.29) is 0 Å². The van der Waals surface area contributed by atoms with Crippen molar-refractivity contribution in [1.82, 2.24) is 0 Å². The summed E-state index contributed by atoms with van der Waals surface area (Å²) in [5, 5.41) is 9.95. The molecule has 0 bridgehead atoms. The Balaban J connectivity index is 1.59. The number of para-hydroxylation sites is 2. The third-order valence-corrected chi connectivity index (χ3v) is 4.23. The molecule has 0 spiro atoms. The van der Waals surface area contributed by atoms with Gasteiger partial charge >= 0.3 is 0 Å². The fraction of sp³-hybridized carbons (Fsp3) is 0.333. The van der Waals surface area contributed by atoms with Gasteiger partial charge in [-0.1, -0.05) is 42.0 Å². The van der Waals surface area contributed by atoms with Crippen molar-refractivity contribution in [3.63, 3.8) is 0 Å². The lowest BCUT2D eigenvalue weighted by Gasteiger charge is -2.34. The van der Waals surface area contributed by atoms with Crippen molar-refractivity contribution in [2.24, 2.45) is 0 Å². The molecular weight excluding hydrogens is 260 g/mol. The minimum atomic E-state index is 0.389. The van der Waals surface area contributed by atoms with Crippen LogP contribution >= 0.6 is 0 Å². The number of phenolic OH excluding ortho intramolecular Hbond substituents is 1. The summed E-state index contributed by atoms with van der Waals surface area (Å²) in [5.74, 6) is 0.389. The van der Waals surface area contributed by atoms with Gasteiger partial charge in [0.05, 0.1) is 31.9 Å². The number of aryl methyl sites for hydroxylation is 1. The maximum atomic E-state index is 9.95. The standard InChI is InChI=1S/C18H22N2O/c1-15-5-4-6-16(13-15)14-19-9-11-20(12-10-19)17-7-2-3-8-18(17)21/h2-8,13,21H,9-12,14H2,1H3/p+1. The highest BCUT2D eigenvalue weighted by Gasteiger charge is 2.21. The molecule has 3 heteroatoms. The second-order valence-electron chi connectivity index (χ2n) is 5.89. The van der Waals surface area contributed by atoms with Crippen molar-refractivity contribution >= 4 is 5.69 Å². The lowest BCUT2D eigenvalue weighted by molar-refractivity contribution is -0.914. The van der Waals surface area contributed by atoms with E-state index in [0.717, 1.165) is 38.4 Å². The van der Waals surface area contributed by atoms with Gasteiger partial charge in [0.25, 0.3) is 0 Å². The first kappa shape index (κ1) is 14.0. The largest absolute Gasteiger partial charge is 0.506 e. The Kier molecular flexibility index (Phi) is 4.11. The van der Waals surface area contributed by atoms with E-state index in [4.69, 9.17) is 0 Å². The van der Waals surface area contributed by atoms with Gasteiger partial charge in [0.1, 0.15) is 12.3 Å². The maximum Gasteiger partial charge on any atom is 0.138 e. The zero-order chi connectivity index (χ0) is 14.7. The number of anilines is 1. The maximum absolute atomic E-state index is 9.95. The number of phenols is 1. The van der Waals surface area contributed by atoms with Gasteiger partial charge < -0.3 is 14.9 Å². The molecule has 3 rings (SSSR count). The molecule has 0 saturated carbocycles. The lowest BCUT2D eigenvalue weighted by Crippen LogP contribution is -3.13. The monoisotopic (exact) mass is 283 g/mol. The topological polar surface area (TPSA) is 27.9 Å². The van der Waals surface area contributed by atoms with E-state index < -0.39 is 0 Å². The van der Waals surface area contributed by atoms with Gasteiger partial charge in [-0.2, -0.15) is 0 Å². The second-order valence-corrected chi connectivity index (χ2v) is 5.89. The van der Waals surface area contributed by atoms with Gasteiger partial charge in [-0.05, 0) is 19.1 Å². The van der Waals surface area contributed by atoms with Crippen molar-refractivity contribution in [1.29, 1.82) is 0 Å². The van der Waals surface area contributed by atoms with E-state index in [0.29, 0.717) is 5.75 Å². The highest BCUT2D eigenvalue weighted by atomic mass is 16.3. The van der Waals surface area contributed by atoms with Crippen LogP contribution in [0.15, 0.2) is 48.5 Å². The van der Waals surface area contributed by atoms with Crippen LogP contribution in [-0.2, 0) is 6.54 Å². The summed E-state index contributed by atoms with van der Waals surface area (Å²) in [7, 11) is 0. The predicted octanol–water partition coefficient (Wildman–Crippen LogP) is 1.61. The highest BCUT2D eigenvalue weighted by molar-refractivity contribution is 5.57. The van der Waals surface area contributed by atoms with Crippen LogP contribution in [-0.4, -0.2) is 31.3 Å². The van der Waals surface area contributed by atoms with Gasteiger partial charge in [-0.25, -0.2) is 0 Å². The number of aromatic hydroxyl groups is 1. The van der Waals surface area contributed by atoms with Crippen LogP contribution in [0.4, 0.5) is 5.69 Å². The van der Waals surface area contributed by atoms with Crippen LogP contribution < -0.4 is 9.80 Å². The summed E-state index contributed by atoms with van der Waals surface area (Å²) >= 11 is 0. The summed E-state index contributed by atoms with van der Waals surface area (Å²) in [6.07, 6.45) is 0. The molecule has 2 aromatic carbocycles. The summed E-state index contributed by atoms with van der Waals surface area (Å²) in [4.78, 5) is 3.90. The first-order valence-electron chi connectivity index (χ1n) is 7.64. The van der Waals surface area contributed by atoms with Crippen LogP contribution in [0, 0.1) is 6.92 Å². The van der Waals surface area contributed by atoms with Gasteiger partial charge in [-0.3, -0.25) is 0 Å². The minimum absolute atomic E-state index is 0.389. The van der Waals surface area contributed by atoms with E-state index >= 15 is 0 Å². The molecule has 21 heavy (non-hydrogen) atoms. The number of nitrogens with zero attached hydrogens (tertiary/aromatic N) is 1. The Bertz CT molecular complexity index is 604. The molecule has 1 aliphatic heterocycles. The fourth-order valence-corrected chi connectivity index (χ4v) is 3.08. The number of benzene rings is 2. The number of piperazine rings is 1. The van der Waals surface area contributed by atoms with Crippen molar-refractivity contribution in [2.75, 3.05) is 31.1 Å². The Hall–Kier alpha value is -2.00. The number of rotatable bonds is 3. The second kappa shape index (κ2) is 6.19. The average Bonchev–Trinajstić information content (AvgIpc) is 2.49. The van der Waals surface area contributed by atoms with Crippen LogP contribution in [0.5, 0.6) is 5.75 Å². The molecule has 2 N–H and O–H groups in total. The van der Waals surface area contributed by atoms with Crippen LogP contribution in [0.3, 0.4) is 0 Å². The van der Waals surface area contributed by atoms with E-state index in [1.54, 1.807) is 11.0 Å². The molecule has 0 atom stereocenters. The van der Waals surface area contributed by atoms with Gasteiger partial charge in [0, 0.05) is 5.56 Å². The number of hydrogen-bond acceptors (Lipinski definition) is 2. The molecule has 0 radical (unpaired) electrons. The van der Waals surface area contributed by atoms with Crippen LogP contribution in [0.1, 0.15) is 11.1 Å². The van der Waals surface area contributed by atoms with Gasteiger partial charge in [-0.15, -0.1) is 0 Å². The quantitative estimate of drug-likeness (QED) is 0.895. The number of hydrogen-bond donors (Lipinski definition) is 2. The van der Waals surface area contributed by atoms with Crippen molar-refractivity contribution in [3.8, 4) is 5.75 Å². The molecule has 1 aliphatic rings.